The molecule has 0 saturated carbocycles. The third kappa shape index (κ3) is 6.14. The summed E-state index contributed by atoms with van der Waals surface area (Å²) in [6, 6.07) is 20.8. The van der Waals surface area contributed by atoms with Crippen LogP contribution in [0.1, 0.15) is 35.3 Å². The second-order valence-electron chi connectivity index (χ2n) is 10.8. The highest BCUT2D eigenvalue weighted by atomic mass is 35.5. The van der Waals surface area contributed by atoms with Gasteiger partial charge >= 0.3 is 0 Å². The number of piperazine rings is 1. The summed E-state index contributed by atoms with van der Waals surface area (Å²) in [4.78, 5) is 32.0. The molecule has 0 spiro atoms. The third-order valence-corrected chi connectivity index (χ3v) is 8.34. The molecule has 11 heteroatoms. The Labute approximate surface area is 259 Å². The predicted octanol–water partition coefficient (Wildman–Crippen LogP) is 6.67. The van der Waals surface area contributed by atoms with Crippen molar-refractivity contribution in [3.63, 3.8) is 0 Å². The van der Waals surface area contributed by atoms with E-state index in [1.807, 2.05) is 40.7 Å². The first-order valence-corrected chi connectivity index (χ1v) is 14.8. The Morgan fingerprint density at radius 2 is 1.70 bits per heavy atom. The van der Waals surface area contributed by atoms with Crippen molar-refractivity contribution < 1.29 is 9.18 Å². The molecule has 8 nitrogen and oxygen atoms in total. The van der Waals surface area contributed by atoms with Crippen molar-refractivity contribution in [3.05, 3.63) is 112 Å². The summed E-state index contributed by atoms with van der Waals surface area (Å²) in [5.41, 5.74) is 3.73. The first kappa shape index (κ1) is 28.9. The van der Waals surface area contributed by atoms with Gasteiger partial charge in [0.25, 0.3) is 5.91 Å². The van der Waals surface area contributed by atoms with Crippen LogP contribution in [0, 0.1) is 5.82 Å². The summed E-state index contributed by atoms with van der Waals surface area (Å²) < 4.78 is 15.4. The Kier molecular flexibility index (Phi) is 8.19. The molecule has 5 aromatic rings. The Bertz CT molecular complexity index is 1760. The Balaban J connectivity index is 1.32. The molecule has 0 bridgehead atoms. The SMILES string of the molecule is CC1CN(c2nc(NCc3ccc(F)cc3)c3ncn(Cc4ccccc4Cl)c3n2)C(C)CN1C(=O)c1ccc(Cl)cc1. The molecule has 220 valence electrons. The van der Waals surface area contributed by atoms with E-state index in [4.69, 9.17) is 33.2 Å². The molecule has 0 radical (unpaired) electrons. The first-order valence-electron chi connectivity index (χ1n) is 14.0. The molecule has 1 amide bonds. The van der Waals surface area contributed by atoms with Gasteiger partial charge in [0, 0.05) is 47.3 Å². The number of carbonyl (C=O) groups excluding carboxylic acids is 1. The predicted molar refractivity (Wildman–Crippen MR) is 168 cm³/mol. The fourth-order valence-corrected chi connectivity index (χ4v) is 5.67. The van der Waals surface area contributed by atoms with E-state index in [0.717, 1.165) is 11.1 Å². The van der Waals surface area contributed by atoms with E-state index in [-0.39, 0.29) is 23.8 Å². The monoisotopic (exact) mass is 617 g/mol. The molecule has 1 aliphatic heterocycles. The maximum absolute atomic E-state index is 13.5. The van der Waals surface area contributed by atoms with Crippen LogP contribution in [-0.4, -0.2) is 55.5 Å². The van der Waals surface area contributed by atoms with Gasteiger partial charge in [0.2, 0.25) is 5.95 Å². The number of anilines is 2. The molecule has 6 rings (SSSR count). The van der Waals surface area contributed by atoms with Gasteiger partial charge < -0.3 is 19.7 Å². The lowest BCUT2D eigenvalue weighted by molar-refractivity contribution is 0.0643. The summed E-state index contributed by atoms with van der Waals surface area (Å²) in [6.45, 7) is 6.05. The average Bonchev–Trinajstić information content (AvgIpc) is 3.41. The number of fused-ring (bicyclic) bond motifs is 1. The van der Waals surface area contributed by atoms with Crippen molar-refractivity contribution >= 4 is 52.0 Å². The fraction of sp³-hybridized carbons (Fsp3) is 0.250. The number of nitrogens with zero attached hydrogens (tertiary/aromatic N) is 6. The van der Waals surface area contributed by atoms with Crippen molar-refractivity contribution in [1.82, 2.24) is 24.4 Å². The average molecular weight is 619 g/mol. The Morgan fingerprint density at radius 3 is 2.44 bits per heavy atom. The largest absolute Gasteiger partial charge is 0.364 e. The number of benzene rings is 3. The van der Waals surface area contributed by atoms with Gasteiger partial charge in [0.1, 0.15) is 5.82 Å². The van der Waals surface area contributed by atoms with E-state index in [2.05, 4.69) is 22.1 Å². The van der Waals surface area contributed by atoms with Crippen molar-refractivity contribution in [2.45, 2.75) is 39.0 Å². The van der Waals surface area contributed by atoms with Gasteiger partial charge in [-0.2, -0.15) is 9.97 Å². The standard InChI is InChI=1S/C32H30Cl2FN7O/c1-20-17-42(21(2)16-41(20)31(43)23-9-11-25(33)12-10-23)32-38-29(36-15-22-7-13-26(35)14-8-22)28-30(39-32)40(19-37-28)18-24-5-3-4-6-27(24)34/h3-14,19-21H,15-18H2,1-2H3,(H,36,38,39). The maximum atomic E-state index is 13.5. The number of amides is 1. The van der Waals surface area contributed by atoms with Gasteiger partial charge in [0.15, 0.2) is 17.0 Å². The number of hydrogen-bond acceptors (Lipinski definition) is 6. The van der Waals surface area contributed by atoms with Crippen molar-refractivity contribution in [2.75, 3.05) is 23.3 Å². The van der Waals surface area contributed by atoms with Crippen LogP contribution in [0.25, 0.3) is 11.2 Å². The number of aromatic nitrogens is 4. The molecule has 3 aromatic carbocycles. The molecule has 2 atom stereocenters. The van der Waals surface area contributed by atoms with Gasteiger partial charge in [0.05, 0.1) is 12.9 Å². The highest BCUT2D eigenvalue weighted by Gasteiger charge is 2.34. The van der Waals surface area contributed by atoms with Crippen molar-refractivity contribution in [3.8, 4) is 0 Å². The van der Waals surface area contributed by atoms with E-state index in [1.54, 1.807) is 42.7 Å². The summed E-state index contributed by atoms with van der Waals surface area (Å²) in [5.74, 6) is 0.784. The molecule has 1 fully saturated rings. The van der Waals surface area contributed by atoms with Gasteiger partial charge in [-0.1, -0.05) is 53.5 Å². The number of halogens is 3. The topological polar surface area (TPSA) is 79.2 Å². The number of hydrogen-bond donors (Lipinski definition) is 1. The van der Waals surface area contributed by atoms with E-state index >= 15 is 0 Å². The Hall–Kier alpha value is -4.21. The lowest BCUT2D eigenvalue weighted by Gasteiger charge is -2.44. The number of nitrogens with one attached hydrogen (secondary N) is 1. The van der Waals surface area contributed by atoms with E-state index in [9.17, 15) is 9.18 Å². The van der Waals surface area contributed by atoms with Gasteiger partial charge in [-0.3, -0.25) is 4.79 Å². The van der Waals surface area contributed by atoms with E-state index < -0.39 is 0 Å². The zero-order valence-corrected chi connectivity index (χ0v) is 25.2. The lowest BCUT2D eigenvalue weighted by Crippen LogP contribution is -2.58. The number of rotatable bonds is 7. The quantitative estimate of drug-likeness (QED) is 0.220. The molecular formula is C32H30Cl2FN7O. The first-order chi connectivity index (χ1) is 20.8. The summed E-state index contributed by atoms with van der Waals surface area (Å²) in [5, 5.41) is 4.65. The summed E-state index contributed by atoms with van der Waals surface area (Å²) in [7, 11) is 0. The third-order valence-electron chi connectivity index (χ3n) is 7.72. The number of imidazole rings is 1. The minimum absolute atomic E-state index is 0.0356. The fourth-order valence-electron chi connectivity index (χ4n) is 5.34. The van der Waals surface area contributed by atoms with Crippen LogP contribution < -0.4 is 10.2 Å². The normalized spacial score (nSPS) is 17.0. The van der Waals surface area contributed by atoms with Crippen LogP contribution >= 0.6 is 23.2 Å². The van der Waals surface area contributed by atoms with E-state index in [0.29, 0.717) is 64.7 Å². The molecule has 3 heterocycles. The summed E-state index contributed by atoms with van der Waals surface area (Å²) in [6.07, 6.45) is 1.74. The lowest BCUT2D eigenvalue weighted by atomic mass is 10.1. The van der Waals surface area contributed by atoms with Crippen molar-refractivity contribution in [1.29, 1.82) is 0 Å². The van der Waals surface area contributed by atoms with Crippen LogP contribution in [0.15, 0.2) is 79.1 Å². The van der Waals surface area contributed by atoms with Crippen LogP contribution in [0.4, 0.5) is 16.2 Å². The molecular weight excluding hydrogens is 588 g/mol. The molecule has 0 aliphatic carbocycles. The molecule has 1 N–H and O–H groups in total. The molecule has 1 aliphatic rings. The minimum atomic E-state index is -0.287. The highest BCUT2D eigenvalue weighted by molar-refractivity contribution is 6.31. The minimum Gasteiger partial charge on any atom is -0.364 e. The van der Waals surface area contributed by atoms with Crippen LogP contribution in [0.5, 0.6) is 0 Å². The van der Waals surface area contributed by atoms with Gasteiger partial charge in [-0.15, -0.1) is 0 Å². The van der Waals surface area contributed by atoms with Gasteiger partial charge in [-0.25, -0.2) is 9.37 Å². The zero-order chi connectivity index (χ0) is 30.1. The maximum Gasteiger partial charge on any atom is 0.254 e. The second kappa shape index (κ2) is 12.2. The van der Waals surface area contributed by atoms with Crippen molar-refractivity contribution in [2.24, 2.45) is 0 Å². The zero-order valence-electron chi connectivity index (χ0n) is 23.7. The highest BCUT2D eigenvalue weighted by Crippen LogP contribution is 2.28. The van der Waals surface area contributed by atoms with Crippen LogP contribution in [0.2, 0.25) is 10.0 Å². The van der Waals surface area contributed by atoms with E-state index in [1.165, 1.54) is 12.1 Å². The molecule has 1 saturated heterocycles. The second-order valence-corrected chi connectivity index (χ2v) is 11.6. The molecule has 43 heavy (non-hydrogen) atoms. The van der Waals surface area contributed by atoms with Crippen LogP contribution in [0.3, 0.4) is 0 Å². The summed E-state index contributed by atoms with van der Waals surface area (Å²) >= 11 is 12.5. The smallest absolute Gasteiger partial charge is 0.254 e. The Morgan fingerprint density at radius 1 is 0.953 bits per heavy atom. The molecule has 2 unspecified atom stereocenters. The van der Waals surface area contributed by atoms with Gasteiger partial charge in [-0.05, 0) is 67.4 Å². The molecule has 2 aromatic heterocycles. The number of carbonyl (C=O) groups is 1. The van der Waals surface area contributed by atoms with Crippen LogP contribution in [-0.2, 0) is 13.1 Å².